The van der Waals surface area contributed by atoms with Gasteiger partial charge in [0.2, 0.25) is 0 Å². The number of hydrogen-bond donors (Lipinski definition) is 1. The SMILES string of the molecule is CCCc1ccc(C(CCC2CCCCC2)NCC)cc1. The van der Waals surface area contributed by atoms with Gasteiger partial charge >= 0.3 is 0 Å². The molecule has 0 amide bonds. The van der Waals surface area contributed by atoms with E-state index in [-0.39, 0.29) is 0 Å². The molecule has 0 aromatic heterocycles. The van der Waals surface area contributed by atoms with E-state index < -0.39 is 0 Å². The van der Waals surface area contributed by atoms with E-state index in [4.69, 9.17) is 0 Å². The molecule has 1 atom stereocenters. The molecule has 0 bridgehead atoms. The van der Waals surface area contributed by atoms with Gasteiger partial charge < -0.3 is 5.32 Å². The van der Waals surface area contributed by atoms with Gasteiger partial charge in [-0.25, -0.2) is 0 Å². The molecule has 0 saturated heterocycles. The maximum atomic E-state index is 3.69. The predicted molar refractivity (Wildman–Crippen MR) is 92.7 cm³/mol. The van der Waals surface area contributed by atoms with Crippen LogP contribution in [0, 0.1) is 5.92 Å². The van der Waals surface area contributed by atoms with Crippen molar-refractivity contribution in [3.05, 3.63) is 35.4 Å². The molecule has 1 heteroatoms. The lowest BCUT2D eigenvalue weighted by Crippen LogP contribution is -2.22. The Morgan fingerprint density at radius 2 is 1.76 bits per heavy atom. The molecule has 1 N–H and O–H groups in total. The van der Waals surface area contributed by atoms with Gasteiger partial charge in [0.05, 0.1) is 0 Å². The van der Waals surface area contributed by atoms with Crippen molar-refractivity contribution in [2.45, 2.75) is 77.7 Å². The van der Waals surface area contributed by atoms with Gasteiger partial charge in [0.1, 0.15) is 0 Å². The van der Waals surface area contributed by atoms with Gasteiger partial charge in [-0.05, 0) is 42.9 Å². The fourth-order valence-corrected chi connectivity index (χ4v) is 3.72. The average molecular weight is 287 g/mol. The van der Waals surface area contributed by atoms with Crippen LogP contribution in [0.15, 0.2) is 24.3 Å². The molecule has 1 unspecified atom stereocenters. The van der Waals surface area contributed by atoms with Crippen LogP contribution in [0.25, 0.3) is 0 Å². The molecule has 1 fully saturated rings. The number of rotatable bonds is 8. The molecule has 1 saturated carbocycles. The topological polar surface area (TPSA) is 12.0 Å². The van der Waals surface area contributed by atoms with E-state index >= 15 is 0 Å². The van der Waals surface area contributed by atoms with Gasteiger partial charge in [0, 0.05) is 6.04 Å². The zero-order chi connectivity index (χ0) is 14.9. The Morgan fingerprint density at radius 3 is 2.38 bits per heavy atom. The molecular weight excluding hydrogens is 254 g/mol. The van der Waals surface area contributed by atoms with Gasteiger partial charge in [-0.2, -0.15) is 0 Å². The second kappa shape index (κ2) is 9.25. The molecule has 0 spiro atoms. The van der Waals surface area contributed by atoms with E-state index in [0.29, 0.717) is 6.04 Å². The summed E-state index contributed by atoms with van der Waals surface area (Å²) < 4.78 is 0. The third-order valence-electron chi connectivity index (χ3n) is 4.96. The van der Waals surface area contributed by atoms with Crippen LogP contribution >= 0.6 is 0 Å². The third-order valence-corrected chi connectivity index (χ3v) is 4.96. The zero-order valence-corrected chi connectivity index (χ0v) is 14.0. The second-order valence-electron chi connectivity index (χ2n) is 6.68. The summed E-state index contributed by atoms with van der Waals surface area (Å²) in [5, 5.41) is 3.69. The summed E-state index contributed by atoms with van der Waals surface area (Å²) in [4.78, 5) is 0. The fourth-order valence-electron chi connectivity index (χ4n) is 3.72. The standard InChI is InChI=1S/C20H33N/c1-3-8-17-11-14-19(15-12-17)20(21-4-2)16-13-18-9-6-5-7-10-18/h11-12,14-15,18,20-21H,3-10,13,16H2,1-2H3. The quantitative estimate of drug-likeness (QED) is 0.651. The summed E-state index contributed by atoms with van der Waals surface area (Å²) in [5.74, 6) is 0.985. The van der Waals surface area contributed by atoms with E-state index in [1.807, 2.05) is 0 Å². The lowest BCUT2D eigenvalue weighted by Gasteiger charge is -2.25. The highest BCUT2D eigenvalue weighted by Gasteiger charge is 2.16. The maximum absolute atomic E-state index is 3.69. The predicted octanol–water partition coefficient (Wildman–Crippen LogP) is 5.65. The van der Waals surface area contributed by atoms with Crippen LogP contribution in [0.3, 0.4) is 0 Å². The molecule has 1 nitrogen and oxygen atoms in total. The van der Waals surface area contributed by atoms with Crippen LogP contribution in [0.1, 0.15) is 82.4 Å². The highest BCUT2D eigenvalue weighted by molar-refractivity contribution is 5.25. The summed E-state index contributed by atoms with van der Waals surface area (Å²) in [6, 6.07) is 9.89. The molecule has 1 aliphatic carbocycles. The van der Waals surface area contributed by atoms with Crippen LogP contribution in [-0.2, 0) is 6.42 Å². The molecule has 1 aromatic rings. The number of benzene rings is 1. The summed E-state index contributed by atoms with van der Waals surface area (Å²) in [6.45, 7) is 5.53. The minimum atomic E-state index is 0.549. The van der Waals surface area contributed by atoms with Gasteiger partial charge in [0.25, 0.3) is 0 Å². The first-order valence-electron chi connectivity index (χ1n) is 9.15. The molecule has 118 valence electrons. The number of aryl methyl sites for hydroxylation is 1. The Morgan fingerprint density at radius 1 is 1.05 bits per heavy atom. The van der Waals surface area contributed by atoms with E-state index in [0.717, 1.165) is 12.5 Å². The van der Waals surface area contributed by atoms with E-state index in [2.05, 4.69) is 43.4 Å². The fraction of sp³-hybridized carbons (Fsp3) is 0.700. The van der Waals surface area contributed by atoms with E-state index in [1.165, 1.54) is 68.9 Å². The number of nitrogens with one attached hydrogen (secondary N) is 1. The average Bonchev–Trinajstić information content (AvgIpc) is 2.54. The lowest BCUT2D eigenvalue weighted by molar-refractivity contribution is 0.315. The summed E-state index contributed by atoms with van der Waals surface area (Å²) in [7, 11) is 0. The molecule has 0 aliphatic heterocycles. The van der Waals surface area contributed by atoms with Crippen molar-refractivity contribution in [1.29, 1.82) is 0 Å². The highest BCUT2D eigenvalue weighted by atomic mass is 14.9. The minimum absolute atomic E-state index is 0.549. The first kappa shape index (κ1) is 16.5. The Labute approximate surface area is 131 Å². The van der Waals surface area contributed by atoms with Crippen molar-refractivity contribution < 1.29 is 0 Å². The van der Waals surface area contributed by atoms with Crippen molar-refractivity contribution in [3.8, 4) is 0 Å². The Bertz CT molecular complexity index is 375. The summed E-state index contributed by atoms with van der Waals surface area (Å²) >= 11 is 0. The van der Waals surface area contributed by atoms with Gasteiger partial charge in [-0.3, -0.25) is 0 Å². The zero-order valence-electron chi connectivity index (χ0n) is 14.0. The van der Waals surface area contributed by atoms with E-state index in [9.17, 15) is 0 Å². The maximum Gasteiger partial charge on any atom is 0.0320 e. The normalized spacial score (nSPS) is 17.8. The summed E-state index contributed by atoms with van der Waals surface area (Å²) in [5.41, 5.74) is 2.95. The molecule has 21 heavy (non-hydrogen) atoms. The van der Waals surface area contributed by atoms with Crippen LogP contribution in [0.4, 0.5) is 0 Å². The van der Waals surface area contributed by atoms with Gasteiger partial charge in [0.15, 0.2) is 0 Å². The van der Waals surface area contributed by atoms with Crippen LogP contribution < -0.4 is 5.32 Å². The first-order valence-corrected chi connectivity index (χ1v) is 9.15. The minimum Gasteiger partial charge on any atom is -0.310 e. The van der Waals surface area contributed by atoms with Crippen LogP contribution in [0.5, 0.6) is 0 Å². The third kappa shape index (κ3) is 5.47. The van der Waals surface area contributed by atoms with Crippen molar-refractivity contribution in [1.82, 2.24) is 5.32 Å². The largest absolute Gasteiger partial charge is 0.310 e. The second-order valence-corrected chi connectivity index (χ2v) is 6.68. The molecule has 0 radical (unpaired) electrons. The van der Waals surface area contributed by atoms with Crippen LogP contribution in [0.2, 0.25) is 0 Å². The molecular formula is C20H33N. The Kier molecular flexibility index (Phi) is 7.29. The van der Waals surface area contributed by atoms with Crippen molar-refractivity contribution in [2.75, 3.05) is 6.54 Å². The highest BCUT2D eigenvalue weighted by Crippen LogP contribution is 2.30. The molecule has 1 aliphatic rings. The molecule has 2 rings (SSSR count). The van der Waals surface area contributed by atoms with Crippen molar-refractivity contribution in [3.63, 3.8) is 0 Å². The monoisotopic (exact) mass is 287 g/mol. The molecule has 1 aromatic carbocycles. The Hall–Kier alpha value is -0.820. The van der Waals surface area contributed by atoms with Crippen molar-refractivity contribution >= 4 is 0 Å². The van der Waals surface area contributed by atoms with Crippen molar-refractivity contribution in [2.24, 2.45) is 5.92 Å². The smallest absolute Gasteiger partial charge is 0.0320 e. The summed E-state index contributed by atoms with van der Waals surface area (Å²) in [6.07, 6.45) is 12.4. The van der Waals surface area contributed by atoms with Gasteiger partial charge in [-0.1, -0.05) is 76.6 Å². The van der Waals surface area contributed by atoms with E-state index in [1.54, 1.807) is 0 Å². The molecule has 0 heterocycles. The lowest BCUT2D eigenvalue weighted by atomic mass is 9.84. The Balaban J connectivity index is 1.90. The first-order chi connectivity index (χ1) is 10.3. The van der Waals surface area contributed by atoms with Crippen LogP contribution in [-0.4, -0.2) is 6.54 Å². The van der Waals surface area contributed by atoms with Gasteiger partial charge in [-0.15, -0.1) is 0 Å². The number of hydrogen-bond acceptors (Lipinski definition) is 1.